The van der Waals surface area contributed by atoms with Crippen molar-refractivity contribution in [3.8, 4) is 0 Å². The summed E-state index contributed by atoms with van der Waals surface area (Å²) in [6.07, 6.45) is 2.54. The maximum atomic E-state index is 13.1. The second kappa shape index (κ2) is 4.13. The molecule has 2 saturated heterocycles. The van der Waals surface area contributed by atoms with Gasteiger partial charge in [-0.3, -0.25) is 4.57 Å². The number of hydrogen-bond donors (Lipinski definition) is 1. The maximum absolute atomic E-state index is 13.1. The Balaban J connectivity index is 1.99. The Kier molecular flexibility index (Phi) is 2.74. The molecule has 0 radical (unpaired) electrons. The minimum atomic E-state index is -2.54. The molecule has 0 aliphatic carbocycles. The molecule has 0 amide bonds. The first-order valence-electron chi connectivity index (χ1n) is 6.15. The van der Waals surface area contributed by atoms with Crippen molar-refractivity contribution >= 4 is 13.1 Å². The average Bonchev–Trinajstić information content (AvgIpc) is 2.93. The zero-order valence-corrected chi connectivity index (χ0v) is 10.7. The van der Waals surface area contributed by atoms with Crippen LogP contribution < -0.4 is 10.4 Å². The lowest BCUT2D eigenvalue weighted by atomic mass is 10.2. The summed E-state index contributed by atoms with van der Waals surface area (Å²) in [5.41, 5.74) is 6.84. The highest BCUT2D eigenvalue weighted by Crippen LogP contribution is 2.61. The molecule has 1 aromatic carbocycles. The van der Waals surface area contributed by atoms with Crippen LogP contribution in [0.3, 0.4) is 0 Å². The van der Waals surface area contributed by atoms with Gasteiger partial charge in [-0.05, 0) is 25.0 Å². The number of para-hydroxylation sites is 1. The van der Waals surface area contributed by atoms with Crippen molar-refractivity contribution in [1.29, 1.82) is 0 Å². The van der Waals surface area contributed by atoms with E-state index in [1.807, 2.05) is 35.0 Å². The van der Waals surface area contributed by atoms with E-state index >= 15 is 0 Å². The summed E-state index contributed by atoms with van der Waals surface area (Å²) >= 11 is 0. The lowest BCUT2D eigenvalue weighted by molar-refractivity contribution is 0.430. The van der Waals surface area contributed by atoms with E-state index in [4.69, 9.17) is 5.73 Å². The molecule has 4 nitrogen and oxygen atoms in total. The van der Waals surface area contributed by atoms with Gasteiger partial charge in [-0.2, -0.15) is 0 Å². The van der Waals surface area contributed by atoms with Crippen molar-refractivity contribution in [2.45, 2.75) is 18.9 Å². The lowest BCUT2D eigenvalue weighted by Crippen LogP contribution is -2.24. The maximum Gasteiger partial charge on any atom is 0.253 e. The largest absolute Gasteiger partial charge is 0.322 e. The van der Waals surface area contributed by atoms with Gasteiger partial charge in [0.15, 0.2) is 0 Å². The number of nitrogens with two attached hydrogens (primary N) is 1. The van der Waals surface area contributed by atoms with Crippen LogP contribution >= 0.6 is 7.44 Å². The first-order chi connectivity index (χ1) is 8.25. The van der Waals surface area contributed by atoms with E-state index in [0.717, 1.165) is 31.6 Å². The van der Waals surface area contributed by atoms with Crippen LogP contribution in [0.15, 0.2) is 30.3 Å². The van der Waals surface area contributed by atoms with Crippen LogP contribution in [0.1, 0.15) is 12.8 Å². The van der Waals surface area contributed by atoms with Crippen LogP contribution in [0.5, 0.6) is 0 Å². The van der Waals surface area contributed by atoms with E-state index in [0.29, 0.717) is 6.04 Å². The third kappa shape index (κ3) is 1.63. The number of benzene rings is 1. The summed E-state index contributed by atoms with van der Waals surface area (Å²) in [5, 5.41) is 0. The average molecular weight is 251 g/mol. The van der Waals surface area contributed by atoms with Gasteiger partial charge in [0, 0.05) is 24.8 Å². The van der Waals surface area contributed by atoms with E-state index < -0.39 is 7.44 Å². The highest BCUT2D eigenvalue weighted by Gasteiger charge is 2.49. The summed E-state index contributed by atoms with van der Waals surface area (Å²) < 4.78 is 17.2. The molecule has 2 atom stereocenters. The SMILES string of the molecule is NC[P@@]1(=O)N(c2ccccc2)C[C@@H]2CCCN21. The number of fused-ring (bicyclic) bond motifs is 1. The van der Waals surface area contributed by atoms with Gasteiger partial charge in [0.05, 0.1) is 6.29 Å². The summed E-state index contributed by atoms with van der Waals surface area (Å²) in [6.45, 7) is 1.79. The molecule has 3 rings (SSSR count). The molecule has 2 heterocycles. The van der Waals surface area contributed by atoms with Crippen LogP contribution in [0.4, 0.5) is 5.69 Å². The van der Waals surface area contributed by atoms with Gasteiger partial charge < -0.3 is 10.4 Å². The molecule has 92 valence electrons. The van der Waals surface area contributed by atoms with Crippen molar-refractivity contribution in [2.24, 2.45) is 5.73 Å². The zero-order valence-electron chi connectivity index (χ0n) is 9.83. The topological polar surface area (TPSA) is 49.6 Å². The number of rotatable bonds is 2. The van der Waals surface area contributed by atoms with Gasteiger partial charge in [-0.25, -0.2) is 4.67 Å². The molecule has 2 fully saturated rings. The summed E-state index contributed by atoms with van der Waals surface area (Å²) in [7, 11) is -2.54. The minimum absolute atomic E-state index is 0.248. The van der Waals surface area contributed by atoms with Crippen molar-refractivity contribution in [3.63, 3.8) is 0 Å². The van der Waals surface area contributed by atoms with Gasteiger partial charge in [0.2, 0.25) is 0 Å². The van der Waals surface area contributed by atoms with E-state index in [-0.39, 0.29) is 6.29 Å². The van der Waals surface area contributed by atoms with Crippen molar-refractivity contribution in [3.05, 3.63) is 30.3 Å². The Hall–Kier alpha value is -0.830. The standard InChI is InChI=1S/C12H18N3OP/c13-10-17(16)14-8-4-7-12(14)9-15(17)11-5-2-1-3-6-11/h1-3,5-6,12H,4,7-10,13H2/t12-,17-/m0/s1. The van der Waals surface area contributed by atoms with Gasteiger partial charge in [0.1, 0.15) is 0 Å². The molecule has 0 bridgehead atoms. The summed E-state index contributed by atoms with van der Waals surface area (Å²) in [5.74, 6) is 0. The fraction of sp³-hybridized carbons (Fsp3) is 0.500. The van der Waals surface area contributed by atoms with Crippen LogP contribution in [0, 0.1) is 0 Å². The molecular formula is C12H18N3OP. The molecule has 2 aliphatic rings. The zero-order chi connectivity index (χ0) is 11.9. The second-order valence-electron chi connectivity index (χ2n) is 4.72. The van der Waals surface area contributed by atoms with Gasteiger partial charge >= 0.3 is 0 Å². The highest BCUT2D eigenvalue weighted by molar-refractivity contribution is 7.63. The van der Waals surface area contributed by atoms with E-state index in [2.05, 4.69) is 4.67 Å². The van der Waals surface area contributed by atoms with Crippen LogP contribution in [0.25, 0.3) is 0 Å². The molecule has 17 heavy (non-hydrogen) atoms. The Morgan fingerprint density at radius 3 is 2.82 bits per heavy atom. The molecular weight excluding hydrogens is 233 g/mol. The van der Waals surface area contributed by atoms with Crippen molar-refractivity contribution in [1.82, 2.24) is 4.67 Å². The molecule has 2 aliphatic heterocycles. The first-order valence-corrected chi connectivity index (χ1v) is 7.95. The first kappa shape index (κ1) is 11.3. The molecule has 0 aromatic heterocycles. The number of nitrogens with zero attached hydrogens (tertiary/aromatic N) is 2. The van der Waals surface area contributed by atoms with Crippen LogP contribution in [-0.2, 0) is 4.57 Å². The summed E-state index contributed by atoms with van der Waals surface area (Å²) in [6, 6.07) is 10.4. The van der Waals surface area contributed by atoms with Gasteiger partial charge in [-0.15, -0.1) is 0 Å². The Labute approximate surface area is 102 Å². The smallest absolute Gasteiger partial charge is 0.253 e. The summed E-state index contributed by atoms with van der Waals surface area (Å²) in [4.78, 5) is 0. The normalized spacial score (nSPS) is 33.0. The Morgan fingerprint density at radius 2 is 2.12 bits per heavy atom. The molecule has 5 heteroatoms. The highest BCUT2D eigenvalue weighted by atomic mass is 31.2. The molecule has 1 aromatic rings. The van der Waals surface area contributed by atoms with E-state index in [1.165, 1.54) is 0 Å². The predicted molar refractivity (Wildman–Crippen MR) is 70.2 cm³/mol. The molecule has 0 unspecified atom stereocenters. The number of hydrogen-bond acceptors (Lipinski definition) is 2. The molecule has 2 N–H and O–H groups in total. The lowest BCUT2D eigenvalue weighted by Gasteiger charge is -2.29. The molecule has 0 saturated carbocycles. The quantitative estimate of drug-likeness (QED) is 0.818. The fourth-order valence-corrected chi connectivity index (χ4v) is 5.75. The van der Waals surface area contributed by atoms with E-state index in [1.54, 1.807) is 0 Å². The Morgan fingerprint density at radius 1 is 1.35 bits per heavy atom. The van der Waals surface area contributed by atoms with Gasteiger partial charge in [0.25, 0.3) is 7.44 Å². The number of anilines is 1. The molecule has 0 spiro atoms. The van der Waals surface area contributed by atoms with Crippen LogP contribution in [-0.4, -0.2) is 30.1 Å². The minimum Gasteiger partial charge on any atom is -0.322 e. The Bertz CT molecular complexity index is 450. The van der Waals surface area contributed by atoms with Crippen LogP contribution in [0.2, 0.25) is 0 Å². The van der Waals surface area contributed by atoms with E-state index in [9.17, 15) is 4.57 Å². The third-order valence-corrected chi connectivity index (χ3v) is 6.75. The second-order valence-corrected chi connectivity index (χ2v) is 7.42. The monoisotopic (exact) mass is 251 g/mol. The third-order valence-electron chi connectivity index (χ3n) is 3.80. The van der Waals surface area contributed by atoms with Crippen molar-refractivity contribution in [2.75, 3.05) is 24.0 Å². The predicted octanol–water partition coefficient (Wildman–Crippen LogP) is 2.08. The van der Waals surface area contributed by atoms with Gasteiger partial charge in [-0.1, -0.05) is 18.2 Å². The fourth-order valence-electron chi connectivity index (χ4n) is 2.97. The van der Waals surface area contributed by atoms with Crippen molar-refractivity contribution < 1.29 is 4.57 Å².